The minimum atomic E-state index is -1.04. The highest BCUT2D eigenvalue weighted by molar-refractivity contribution is 9.10. The van der Waals surface area contributed by atoms with E-state index < -0.39 is 11.6 Å². The van der Waals surface area contributed by atoms with Gasteiger partial charge in [-0.2, -0.15) is 0 Å². The summed E-state index contributed by atoms with van der Waals surface area (Å²) in [5.74, 6) is -2.34. The number of halogens is 3. The third kappa shape index (κ3) is 3.01. The molecular weight excluding hydrogens is 354 g/mol. The van der Waals surface area contributed by atoms with Crippen molar-refractivity contribution < 1.29 is 13.6 Å². The van der Waals surface area contributed by atoms with Crippen LogP contribution in [0, 0.1) is 11.6 Å². The number of ketones is 1. The van der Waals surface area contributed by atoms with E-state index in [1.165, 1.54) is 6.07 Å². The van der Waals surface area contributed by atoms with E-state index in [2.05, 4.69) is 25.9 Å². The van der Waals surface area contributed by atoms with Crippen molar-refractivity contribution in [2.45, 2.75) is 6.42 Å². The number of hydrogen-bond donors (Lipinski definition) is 0. The quantitative estimate of drug-likeness (QED) is 0.659. The van der Waals surface area contributed by atoms with Gasteiger partial charge in [0.15, 0.2) is 17.4 Å². The molecular formula is C16H9BrF2N2O. The summed E-state index contributed by atoms with van der Waals surface area (Å²) in [6.07, 6.45) is 1.67. The molecule has 2 heterocycles. The minimum absolute atomic E-state index is 0.00747. The van der Waals surface area contributed by atoms with Crippen LogP contribution in [0.5, 0.6) is 0 Å². The average molecular weight is 363 g/mol. The van der Waals surface area contributed by atoms with Crippen molar-refractivity contribution in [2.75, 3.05) is 0 Å². The molecule has 1 aromatic carbocycles. The van der Waals surface area contributed by atoms with Gasteiger partial charge in [0.1, 0.15) is 0 Å². The molecule has 0 fully saturated rings. The van der Waals surface area contributed by atoms with E-state index in [1.807, 2.05) is 0 Å². The molecule has 3 aromatic rings. The van der Waals surface area contributed by atoms with Crippen molar-refractivity contribution in [3.63, 3.8) is 0 Å². The van der Waals surface area contributed by atoms with Crippen molar-refractivity contribution in [2.24, 2.45) is 0 Å². The normalized spacial score (nSPS) is 10.9. The number of Topliss-reactive ketones (excluding diaryl/α,β-unsaturated/α-hetero) is 1. The van der Waals surface area contributed by atoms with Crippen LogP contribution in [0.3, 0.4) is 0 Å². The summed E-state index contributed by atoms with van der Waals surface area (Å²) in [6, 6.07) is 8.37. The Hall–Kier alpha value is -2.21. The molecule has 0 spiro atoms. The second-order valence-electron chi connectivity index (χ2n) is 4.72. The van der Waals surface area contributed by atoms with E-state index in [0.717, 1.165) is 16.6 Å². The molecule has 0 saturated carbocycles. The predicted octanol–water partition coefficient (Wildman–Crippen LogP) is 4.10. The molecule has 0 unspecified atom stereocenters. The topological polar surface area (TPSA) is 42.9 Å². The molecule has 0 amide bonds. The van der Waals surface area contributed by atoms with Crippen LogP contribution in [-0.2, 0) is 6.42 Å². The molecule has 6 heteroatoms. The molecule has 0 atom stereocenters. The molecule has 22 heavy (non-hydrogen) atoms. The Kier molecular flexibility index (Phi) is 3.94. The van der Waals surface area contributed by atoms with Gasteiger partial charge in [-0.15, -0.1) is 0 Å². The fourth-order valence-corrected chi connectivity index (χ4v) is 2.38. The minimum Gasteiger partial charge on any atom is -0.294 e. The Morgan fingerprint density at radius 2 is 1.86 bits per heavy atom. The lowest BCUT2D eigenvalue weighted by atomic mass is 10.1. The zero-order valence-electron chi connectivity index (χ0n) is 11.2. The number of pyridine rings is 2. The largest absolute Gasteiger partial charge is 0.294 e. The van der Waals surface area contributed by atoms with E-state index in [9.17, 15) is 13.6 Å². The standard InChI is InChI=1S/C16H9BrF2N2O/c17-10-6-15-14(20-8-10)4-2-11(21-15)7-16(22)9-1-3-12(18)13(19)5-9/h1-6,8H,7H2. The first kappa shape index (κ1) is 14.7. The lowest BCUT2D eigenvalue weighted by molar-refractivity contribution is 0.0991. The molecule has 0 saturated heterocycles. The van der Waals surface area contributed by atoms with Crippen LogP contribution in [0.2, 0.25) is 0 Å². The number of aromatic nitrogens is 2. The van der Waals surface area contributed by atoms with Crippen LogP contribution in [0.15, 0.2) is 47.1 Å². The van der Waals surface area contributed by atoms with Gasteiger partial charge in [0, 0.05) is 21.9 Å². The second kappa shape index (κ2) is 5.88. The van der Waals surface area contributed by atoms with Crippen molar-refractivity contribution in [1.82, 2.24) is 9.97 Å². The van der Waals surface area contributed by atoms with Gasteiger partial charge >= 0.3 is 0 Å². The van der Waals surface area contributed by atoms with Crippen LogP contribution >= 0.6 is 15.9 Å². The van der Waals surface area contributed by atoms with Crippen molar-refractivity contribution in [1.29, 1.82) is 0 Å². The Balaban J connectivity index is 1.88. The highest BCUT2D eigenvalue weighted by Gasteiger charge is 2.12. The lowest BCUT2D eigenvalue weighted by Crippen LogP contribution is -2.06. The SMILES string of the molecule is O=C(Cc1ccc2ncc(Br)cc2n1)c1ccc(F)c(F)c1. The monoisotopic (exact) mass is 362 g/mol. The van der Waals surface area contributed by atoms with Crippen LogP contribution in [-0.4, -0.2) is 15.8 Å². The second-order valence-corrected chi connectivity index (χ2v) is 5.64. The van der Waals surface area contributed by atoms with E-state index in [-0.39, 0.29) is 17.8 Å². The summed E-state index contributed by atoms with van der Waals surface area (Å²) >= 11 is 3.31. The Labute approximate surface area is 133 Å². The van der Waals surface area contributed by atoms with Gasteiger partial charge in [0.2, 0.25) is 0 Å². The van der Waals surface area contributed by atoms with Gasteiger partial charge in [0.25, 0.3) is 0 Å². The number of nitrogens with zero attached hydrogens (tertiary/aromatic N) is 2. The van der Waals surface area contributed by atoms with Gasteiger partial charge in [0.05, 0.1) is 17.5 Å². The third-order valence-corrected chi connectivity index (χ3v) is 3.58. The maximum absolute atomic E-state index is 13.2. The molecule has 0 N–H and O–H groups in total. The van der Waals surface area contributed by atoms with E-state index in [4.69, 9.17) is 0 Å². The third-order valence-electron chi connectivity index (χ3n) is 3.14. The predicted molar refractivity (Wildman–Crippen MR) is 81.6 cm³/mol. The first-order chi connectivity index (χ1) is 10.5. The van der Waals surface area contributed by atoms with Gasteiger partial charge < -0.3 is 0 Å². The summed E-state index contributed by atoms with van der Waals surface area (Å²) in [6.45, 7) is 0. The zero-order valence-corrected chi connectivity index (χ0v) is 12.8. The fourth-order valence-electron chi connectivity index (χ4n) is 2.06. The number of hydrogen-bond acceptors (Lipinski definition) is 3. The fraction of sp³-hybridized carbons (Fsp3) is 0.0625. The molecule has 3 nitrogen and oxygen atoms in total. The number of rotatable bonds is 3. The number of carbonyl (C=O) groups is 1. The Morgan fingerprint density at radius 1 is 1.05 bits per heavy atom. The van der Waals surface area contributed by atoms with Crippen molar-refractivity contribution in [3.8, 4) is 0 Å². The highest BCUT2D eigenvalue weighted by Crippen LogP contribution is 2.17. The molecule has 0 aliphatic rings. The van der Waals surface area contributed by atoms with Crippen LogP contribution in [0.4, 0.5) is 8.78 Å². The number of fused-ring (bicyclic) bond motifs is 1. The van der Waals surface area contributed by atoms with Gasteiger partial charge in [-0.3, -0.25) is 14.8 Å². The smallest absolute Gasteiger partial charge is 0.168 e. The van der Waals surface area contributed by atoms with Gasteiger partial charge in [-0.1, -0.05) is 0 Å². The van der Waals surface area contributed by atoms with Crippen LogP contribution in [0.1, 0.15) is 16.1 Å². The molecule has 0 aliphatic heterocycles. The summed E-state index contributed by atoms with van der Waals surface area (Å²) in [5.41, 5.74) is 2.03. The molecule has 3 rings (SSSR count). The van der Waals surface area contributed by atoms with Gasteiger partial charge in [-0.05, 0) is 52.3 Å². The maximum atomic E-state index is 13.2. The number of carbonyl (C=O) groups excluding carboxylic acids is 1. The molecule has 0 bridgehead atoms. The van der Waals surface area contributed by atoms with Crippen molar-refractivity contribution in [3.05, 3.63) is 70.0 Å². The maximum Gasteiger partial charge on any atom is 0.168 e. The highest BCUT2D eigenvalue weighted by atomic mass is 79.9. The molecule has 0 radical (unpaired) electrons. The molecule has 110 valence electrons. The van der Waals surface area contributed by atoms with Crippen LogP contribution in [0.25, 0.3) is 11.0 Å². The van der Waals surface area contributed by atoms with E-state index in [0.29, 0.717) is 16.7 Å². The first-order valence-corrected chi connectivity index (χ1v) is 7.21. The van der Waals surface area contributed by atoms with E-state index in [1.54, 1.807) is 24.4 Å². The summed E-state index contributed by atoms with van der Waals surface area (Å²) in [5, 5.41) is 0. The summed E-state index contributed by atoms with van der Waals surface area (Å²) < 4.78 is 26.9. The Bertz CT molecular complexity index is 883. The van der Waals surface area contributed by atoms with Gasteiger partial charge in [-0.25, -0.2) is 8.78 Å². The average Bonchev–Trinajstić information content (AvgIpc) is 2.49. The van der Waals surface area contributed by atoms with E-state index >= 15 is 0 Å². The molecule has 2 aromatic heterocycles. The summed E-state index contributed by atoms with van der Waals surface area (Å²) in [4.78, 5) is 20.7. The Morgan fingerprint density at radius 3 is 2.64 bits per heavy atom. The summed E-state index contributed by atoms with van der Waals surface area (Å²) in [7, 11) is 0. The van der Waals surface area contributed by atoms with Crippen molar-refractivity contribution >= 4 is 32.7 Å². The first-order valence-electron chi connectivity index (χ1n) is 6.42. The number of benzene rings is 1. The zero-order chi connectivity index (χ0) is 15.7. The van der Waals surface area contributed by atoms with Crippen LogP contribution < -0.4 is 0 Å². The lowest BCUT2D eigenvalue weighted by Gasteiger charge is -2.04. The molecule has 0 aliphatic carbocycles.